The second kappa shape index (κ2) is 7.78. The Morgan fingerprint density at radius 2 is 2.11 bits per heavy atom. The highest BCUT2D eigenvalue weighted by atomic mass is 35.5. The molecule has 0 aromatic heterocycles. The van der Waals surface area contributed by atoms with Crippen LogP contribution in [0.2, 0.25) is 0 Å². The summed E-state index contributed by atoms with van der Waals surface area (Å²) < 4.78 is 0. The van der Waals surface area contributed by atoms with Crippen molar-refractivity contribution in [3.8, 4) is 0 Å². The molecule has 1 fully saturated rings. The van der Waals surface area contributed by atoms with Crippen LogP contribution in [0.1, 0.15) is 22.8 Å². The normalized spacial score (nSPS) is 18.8. The first-order valence-corrected chi connectivity index (χ1v) is 7.71. The molecular formula is C14H21ClN2OS. The van der Waals surface area contributed by atoms with Gasteiger partial charge in [0.2, 0.25) is 0 Å². The SMILES string of the molecule is CSCc1ccc(C(=O)N2CCNCC2C)cc1.Cl. The standard InChI is InChI=1S/C14H20N2OS.ClH/c1-11-9-15-7-8-16(11)14(17)13-5-3-12(4-6-13)10-18-2;/h3-6,11,15H,7-10H2,1-2H3;1H. The smallest absolute Gasteiger partial charge is 0.254 e. The van der Waals surface area contributed by atoms with Crippen LogP contribution in [0.5, 0.6) is 0 Å². The Hall–Kier alpha value is -0.710. The minimum Gasteiger partial charge on any atom is -0.333 e. The summed E-state index contributed by atoms with van der Waals surface area (Å²) in [6.07, 6.45) is 2.08. The highest BCUT2D eigenvalue weighted by Crippen LogP contribution is 2.14. The molecule has 1 aromatic rings. The van der Waals surface area contributed by atoms with Crippen LogP contribution >= 0.6 is 24.2 Å². The van der Waals surface area contributed by atoms with Crippen molar-refractivity contribution < 1.29 is 4.79 Å². The number of rotatable bonds is 3. The third-order valence-corrected chi connectivity index (χ3v) is 3.90. The number of nitrogens with zero attached hydrogens (tertiary/aromatic N) is 1. The van der Waals surface area contributed by atoms with Gasteiger partial charge in [-0.05, 0) is 30.9 Å². The van der Waals surface area contributed by atoms with Gasteiger partial charge in [-0.15, -0.1) is 12.4 Å². The van der Waals surface area contributed by atoms with Crippen molar-refractivity contribution in [2.24, 2.45) is 0 Å². The van der Waals surface area contributed by atoms with Gasteiger partial charge in [-0.25, -0.2) is 0 Å². The molecule has 1 unspecified atom stereocenters. The van der Waals surface area contributed by atoms with Crippen LogP contribution in [0.4, 0.5) is 0 Å². The van der Waals surface area contributed by atoms with Crippen LogP contribution in [0, 0.1) is 0 Å². The maximum Gasteiger partial charge on any atom is 0.254 e. The Labute approximate surface area is 125 Å². The van der Waals surface area contributed by atoms with Crippen molar-refractivity contribution in [3.05, 3.63) is 35.4 Å². The predicted molar refractivity (Wildman–Crippen MR) is 84.3 cm³/mol. The number of piperazine rings is 1. The van der Waals surface area contributed by atoms with Gasteiger partial charge in [-0.1, -0.05) is 12.1 Å². The van der Waals surface area contributed by atoms with E-state index in [4.69, 9.17) is 0 Å². The molecule has 0 radical (unpaired) electrons. The van der Waals surface area contributed by atoms with Crippen LogP contribution in [-0.2, 0) is 5.75 Å². The van der Waals surface area contributed by atoms with Crippen LogP contribution in [0.3, 0.4) is 0 Å². The molecule has 0 saturated carbocycles. The summed E-state index contributed by atoms with van der Waals surface area (Å²) in [7, 11) is 0. The van der Waals surface area contributed by atoms with E-state index in [0.717, 1.165) is 31.0 Å². The fourth-order valence-corrected chi connectivity index (χ4v) is 2.74. The number of hydrogen-bond acceptors (Lipinski definition) is 3. The zero-order chi connectivity index (χ0) is 13.0. The lowest BCUT2D eigenvalue weighted by molar-refractivity contribution is 0.0656. The van der Waals surface area contributed by atoms with Crippen molar-refractivity contribution in [1.29, 1.82) is 0 Å². The predicted octanol–water partition coefficient (Wildman–Crippen LogP) is 2.41. The van der Waals surface area contributed by atoms with E-state index in [0.29, 0.717) is 0 Å². The largest absolute Gasteiger partial charge is 0.333 e. The second-order valence-corrected chi connectivity index (χ2v) is 5.55. The molecule has 106 valence electrons. The summed E-state index contributed by atoms with van der Waals surface area (Å²) in [5, 5.41) is 3.30. The van der Waals surface area contributed by atoms with Crippen molar-refractivity contribution in [2.75, 3.05) is 25.9 Å². The van der Waals surface area contributed by atoms with Gasteiger partial charge in [0.05, 0.1) is 0 Å². The Morgan fingerprint density at radius 1 is 1.42 bits per heavy atom. The molecular weight excluding hydrogens is 280 g/mol. The lowest BCUT2D eigenvalue weighted by Crippen LogP contribution is -2.52. The Balaban J connectivity index is 0.00000180. The Kier molecular flexibility index (Phi) is 6.69. The molecule has 1 N–H and O–H groups in total. The summed E-state index contributed by atoms with van der Waals surface area (Å²) >= 11 is 1.79. The first-order valence-electron chi connectivity index (χ1n) is 6.32. The van der Waals surface area contributed by atoms with E-state index in [1.807, 2.05) is 17.0 Å². The molecule has 1 atom stereocenters. The van der Waals surface area contributed by atoms with Crippen molar-refractivity contribution in [2.45, 2.75) is 18.7 Å². The minimum absolute atomic E-state index is 0. The van der Waals surface area contributed by atoms with Crippen molar-refractivity contribution in [3.63, 3.8) is 0 Å². The molecule has 0 aliphatic carbocycles. The average Bonchev–Trinajstić information content (AvgIpc) is 2.40. The number of hydrogen-bond donors (Lipinski definition) is 1. The number of amides is 1. The zero-order valence-corrected chi connectivity index (χ0v) is 13.0. The van der Waals surface area contributed by atoms with E-state index in [9.17, 15) is 4.79 Å². The Bertz CT molecular complexity index is 410. The lowest BCUT2D eigenvalue weighted by atomic mass is 10.1. The van der Waals surface area contributed by atoms with E-state index in [-0.39, 0.29) is 24.4 Å². The summed E-state index contributed by atoms with van der Waals surface area (Å²) in [6, 6.07) is 8.27. The summed E-state index contributed by atoms with van der Waals surface area (Å²) in [5.41, 5.74) is 2.07. The van der Waals surface area contributed by atoms with Gasteiger partial charge in [0.15, 0.2) is 0 Å². The minimum atomic E-state index is 0. The van der Waals surface area contributed by atoms with Gasteiger partial charge < -0.3 is 10.2 Å². The first kappa shape index (κ1) is 16.3. The fraction of sp³-hybridized carbons (Fsp3) is 0.500. The monoisotopic (exact) mass is 300 g/mol. The van der Waals surface area contributed by atoms with Gasteiger partial charge in [0.1, 0.15) is 0 Å². The lowest BCUT2D eigenvalue weighted by Gasteiger charge is -2.34. The zero-order valence-electron chi connectivity index (χ0n) is 11.4. The van der Waals surface area contributed by atoms with Crippen LogP contribution in [-0.4, -0.2) is 42.7 Å². The molecule has 1 saturated heterocycles. The molecule has 0 spiro atoms. The number of halogens is 1. The molecule has 1 aliphatic heterocycles. The summed E-state index contributed by atoms with van der Waals surface area (Å²) in [4.78, 5) is 14.3. The van der Waals surface area contributed by atoms with E-state index >= 15 is 0 Å². The van der Waals surface area contributed by atoms with Gasteiger partial charge in [-0.3, -0.25) is 4.79 Å². The molecule has 19 heavy (non-hydrogen) atoms. The molecule has 0 bridgehead atoms. The number of benzene rings is 1. The molecule has 1 heterocycles. The molecule has 1 aromatic carbocycles. The van der Waals surface area contributed by atoms with E-state index in [1.165, 1.54) is 5.56 Å². The highest BCUT2D eigenvalue weighted by Gasteiger charge is 2.23. The maximum atomic E-state index is 12.4. The van der Waals surface area contributed by atoms with Gasteiger partial charge in [0, 0.05) is 37.0 Å². The second-order valence-electron chi connectivity index (χ2n) is 4.68. The number of carbonyl (C=O) groups is 1. The van der Waals surface area contributed by atoms with Crippen LogP contribution < -0.4 is 5.32 Å². The number of thioether (sulfide) groups is 1. The van der Waals surface area contributed by atoms with E-state index in [2.05, 4.69) is 30.6 Å². The molecule has 1 aliphatic rings. The van der Waals surface area contributed by atoms with Crippen LogP contribution in [0.15, 0.2) is 24.3 Å². The maximum absolute atomic E-state index is 12.4. The van der Waals surface area contributed by atoms with Crippen molar-refractivity contribution in [1.82, 2.24) is 10.2 Å². The van der Waals surface area contributed by atoms with Gasteiger partial charge in [0.25, 0.3) is 5.91 Å². The fourth-order valence-electron chi connectivity index (χ4n) is 2.22. The van der Waals surface area contributed by atoms with Gasteiger partial charge in [-0.2, -0.15) is 11.8 Å². The molecule has 5 heteroatoms. The first-order chi connectivity index (χ1) is 8.72. The molecule has 3 nitrogen and oxygen atoms in total. The summed E-state index contributed by atoms with van der Waals surface area (Å²) in [6.45, 7) is 4.66. The number of carbonyl (C=O) groups excluding carboxylic acids is 1. The highest BCUT2D eigenvalue weighted by molar-refractivity contribution is 7.97. The summed E-state index contributed by atoms with van der Waals surface area (Å²) in [5.74, 6) is 1.15. The quantitative estimate of drug-likeness (QED) is 0.930. The van der Waals surface area contributed by atoms with Crippen LogP contribution in [0.25, 0.3) is 0 Å². The average molecular weight is 301 g/mol. The topological polar surface area (TPSA) is 32.3 Å². The third-order valence-electron chi connectivity index (χ3n) is 3.27. The number of nitrogens with one attached hydrogen (secondary N) is 1. The van der Waals surface area contributed by atoms with Crippen molar-refractivity contribution >= 4 is 30.1 Å². The van der Waals surface area contributed by atoms with E-state index < -0.39 is 0 Å². The van der Waals surface area contributed by atoms with E-state index in [1.54, 1.807) is 11.8 Å². The molecule has 2 rings (SSSR count). The van der Waals surface area contributed by atoms with Gasteiger partial charge >= 0.3 is 0 Å². The third kappa shape index (κ3) is 4.13. The Morgan fingerprint density at radius 3 is 2.68 bits per heavy atom. The molecule has 1 amide bonds.